The molecule has 1 atom stereocenters. The van der Waals surface area contributed by atoms with Crippen molar-refractivity contribution in [2.75, 3.05) is 0 Å². The number of nitrogens with one attached hydrogen (secondary N) is 1. The van der Waals surface area contributed by atoms with E-state index in [-0.39, 0.29) is 11.9 Å². The van der Waals surface area contributed by atoms with Crippen LogP contribution in [0, 0.1) is 17.7 Å². The zero-order chi connectivity index (χ0) is 12.0. The van der Waals surface area contributed by atoms with E-state index in [4.69, 9.17) is 5.84 Å². The Hall–Kier alpha value is -0.890. The molecule has 0 saturated carbocycles. The van der Waals surface area contributed by atoms with E-state index in [1.165, 1.54) is 6.07 Å². The minimum absolute atomic E-state index is 0.210. The molecule has 0 fully saturated rings. The van der Waals surface area contributed by atoms with Crippen LogP contribution in [0.4, 0.5) is 4.39 Å². The number of rotatable bonds is 4. The van der Waals surface area contributed by atoms with E-state index in [1.54, 1.807) is 19.1 Å². The number of halogens is 2. The molecule has 3 N–H and O–H groups in total. The van der Waals surface area contributed by atoms with Crippen LogP contribution in [-0.2, 0) is 0 Å². The summed E-state index contributed by atoms with van der Waals surface area (Å²) in [5, 5.41) is 0. The van der Waals surface area contributed by atoms with E-state index >= 15 is 0 Å². The van der Waals surface area contributed by atoms with Crippen LogP contribution in [0.2, 0.25) is 0 Å². The normalized spacial score (nSPS) is 11.8. The second kappa shape index (κ2) is 6.64. The van der Waals surface area contributed by atoms with Gasteiger partial charge in [0.2, 0.25) is 0 Å². The minimum Gasteiger partial charge on any atom is -0.271 e. The van der Waals surface area contributed by atoms with Gasteiger partial charge in [-0.25, -0.2) is 4.39 Å². The van der Waals surface area contributed by atoms with Gasteiger partial charge < -0.3 is 0 Å². The first kappa shape index (κ1) is 13.2. The van der Waals surface area contributed by atoms with Crippen molar-refractivity contribution in [1.29, 1.82) is 0 Å². The van der Waals surface area contributed by atoms with Crippen molar-refractivity contribution in [2.24, 2.45) is 5.84 Å². The molecule has 0 aromatic heterocycles. The first-order chi connectivity index (χ1) is 7.69. The van der Waals surface area contributed by atoms with Crippen LogP contribution >= 0.6 is 15.9 Å². The lowest BCUT2D eigenvalue weighted by Gasteiger charge is -2.16. The molecule has 0 spiro atoms. The van der Waals surface area contributed by atoms with Crippen molar-refractivity contribution in [3.8, 4) is 11.8 Å². The Morgan fingerprint density at radius 2 is 2.31 bits per heavy atom. The molecule has 0 aliphatic heterocycles. The molecule has 0 heterocycles. The maximum absolute atomic E-state index is 13.6. The first-order valence-corrected chi connectivity index (χ1v) is 5.79. The molecular weight excluding hydrogens is 271 g/mol. The number of benzene rings is 1. The third-order valence-electron chi connectivity index (χ3n) is 2.27. The molecule has 16 heavy (non-hydrogen) atoms. The zero-order valence-corrected chi connectivity index (χ0v) is 10.6. The van der Waals surface area contributed by atoms with Gasteiger partial charge in [-0.2, -0.15) is 0 Å². The molecule has 4 heteroatoms. The summed E-state index contributed by atoms with van der Waals surface area (Å²) in [6.45, 7) is 1.78. The summed E-state index contributed by atoms with van der Waals surface area (Å²) in [5.74, 6) is 10.9. The van der Waals surface area contributed by atoms with Crippen molar-refractivity contribution in [3.63, 3.8) is 0 Å². The second-order valence-electron chi connectivity index (χ2n) is 3.35. The summed E-state index contributed by atoms with van der Waals surface area (Å²) in [6.07, 6.45) is 1.38. The topological polar surface area (TPSA) is 38.0 Å². The van der Waals surface area contributed by atoms with Gasteiger partial charge in [0, 0.05) is 22.5 Å². The molecule has 0 radical (unpaired) electrons. The average Bonchev–Trinajstić information content (AvgIpc) is 2.28. The van der Waals surface area contributed by atoms with Crippen LogP contribution in [0.25, 0.3) is 0 Å². The SMILES string of the molecule is CC#CCCC(NN)c1cc(Br)ccc1F. The highest BCUT2D eigenvalue weighted by Crippen LogP contribution is 2.24. The van der Waals surface area contributed by atoms with Crippen LogP contribution in [0.15, 0.2) is 22.7 Å². The Labute approximate surface area is 104 Å². The van der Waals surface area contributed by atoms with Gasteiger partial charge in [-0.15, -0.1) is 11.8 Å². The van der Waals surface area contributed by atoms with E-state index in [2.05, 4.69) is 33.2 Å². The lowest BCUT2D eigenvalue weighted by molar-refractivity contribution is 0.490. The zero-order valence-electron chi connectivity index (χ0n) is 9.06. The average molecular weight is 285 g/mol. The van der Waals surface area contributed by atoms with Crippen LogP contribution in [-0.4, -0.2) is 0 Å². The largest absolute Gasteiger partial charge is 0.271 e. The summed E-state index contributed by atoms with van der Waals surface area (Å²) in [5.41, 5.74) is 3.18. The van der Waals surface area contributed by atoms with E-state index in [1.807, 2.05) is 0 Å². The van der Waals surface area contributed by atoms with Gasteiger partial charge in [0.05, 0.1) is 0 Å². The van der Waals surface area contributed by atoms with Gasteiger partial charge in [-0.05, 0) is 31.5 Å². The monoisotopic (exact) mass is 284 g/mol. The molecule has 86 valence electrons. The third kappa shape index (κ3) is 3.60. The molecule has 1 aromatic rings. The summed E-state index contributed by atoms with van der Waals surface area (Å²) >= 11 is 3.31. The Kier molecular flexibility index (Phi) is 5.47. The standard InChI is InChI=1S/C12H14BrFN2/c1-2-3-4-5-12(16-15)10-8-9(13)6-7-11(10)14/h6-8,12,16H,4-5,15H2,1H3. The molecule has 1 aromatic carbocycles. The minimum atomic E-state index is -0.254. The second-order valence-corrected chi connectivity index (χ2v) is 4.27. The van der Waals surface area contributed by atoms with Crippen molar-refractivity contribution in [2.45, 2.75) is 25.8 Å². The molecule has 0 amide bonds. The lowest BCUT2D eigenvalue weighted by atomic mass is 10.0. The summed E-state index contributed by atoms with van der Waals surface area (Å²) in [6, 6.07) is 4.62. The van der Waals surface area contributed by atoms with Gasteiger partial charge >= 0.3 is 0 Å². The molecule has 2 nitrogen and oxygen atoms in total. The van der Waals surface area contributed by atoms with E-state index < -0.39 is 0 Å². The highest BCUT2D eigenvalue weighted by atomic mass is 79.9. The van der Waals surface area contributed by atoms with Gasteiger partial charge in [0.25, 0.3) is 0 Å². The molecule has 1 unspecified atom stereocenters. The molecule has 0 aliphatic carbocycles. The summed E-state index contributed by atoms with van der Waals surface area (Å²) in [4.78, 5) is 0. The van der Waals surface area contributed by atoms with E-state index in [0.29, 0.717) is 18.4 Å². The molecule has 1 rings (SSSR count). The number of hydrazine groups is 1. The highest BCUT2D eigenvalue weighted by Gasteiger charge is 2.13. The van der Waals surface area contributed by atoms with Crippen molar-refractivity contribution in [3.05, 3.63) is 34.1 Å². The predicted octanol–water partition coefficient (Wildman–Crippen LogP) is 2.90. The molecule has 0 bridgehead atoms. The fourth-order valence-corrected chi connectivity index (χ4v) is 1.83. The predicted molar refractivity (Wildman–Crippen MR) is 66.8 cm³/mol. The van der Waals surface area contributed by atoms with Crippen LogP contribution in [0.3, 0.4) is 0 Å². The fraction of sp³-hybridized carbons (Fsp3) is 0.333. The fourth-order valence-electron chi connectivity index (χ4n) is 1.45. The van der Waals surface area contributed by atoms with Crippen molar-refractivity contribution in [1.82, 2.24) is 5.43 Å². The maximum atomic E-state index is 13.6. The van der Waals surface area contributed by atoms with Crippen molar-refractivity contribution >= 4 is 15.9 Å². The summed E-state index contributed by atoms with van der Waals surface area (Å²) in [7, 11) is 0. The van der Waals surface area contributed by atoms with E-state index in [9.17, 15) is 4.39 Å². The smallest absolute Gasteiger partial charge is 0.128 e. The van der Waals surface area contributed by atoms with Crippen LogP contribution in [0.1, 0.15) is 31.4 Å². The molecule has 0 saturated heterocycles. The van der Waals surface area contributed by atoms with Crippen LogP contribution in [0.5, 0.6) is 0 Å². The Morgan fingerprint density at radius 3 is 2.94 bits per heavy atom. The Morgan fingerprint density at radius 1 is 1.56 bits per heavy atom. The van der Waals surface area contributed by atoms with Gasteiger partial charge in [-0.1, -0.05) is 15.9 Å². The highest BCUT2D eigenvalue weighted by molar-refractivity contribution is 9.10. The van der Waals surface area contributed by atoms with Gasteiger partial charge in [0.15, 0.2) is 0 Å². The Bertz CT molecular complexity index is 409. The Balaban J connectivity index is 2.84. The first-order valence-electron chi connectivity index (χ1n) is 4.99. The number of nitrogens with two attached hydrogens (primary N) is 1. The number of hydrogen-bond donors (Lipinski definition) is 2. The maximum Gasteiger partial charge on any atom is 0.128 e. The van der Waals surface area contributed by atoms with Gasteiger partial charge in [0.1, 0.15) is 5.82 Å². The third-order valence-corrected chi connectivity index (χ3v) is 2.76. The lowest BCUT2D eigenvalue weighted by Crippen LogP contribution is -2.28. The van der Waals surface area contributed by atoms with Crippen molar-refractivity contribution < 1.29 is 4.39 Å². The quantitative estimate of drug-likeness (QED) is 0.507. The number of hydrogen-bond acceptors (Lipinski definition) is 2. The van der Waals surface area contributed by atoms with E-state index in [0.717, 1.165) is 4.47 Å². The van der Waals surface area contributed by atoms with Gasteiger partial charge in [-0.3, -0.25) is 11.3 Å². The van der Waals surface area contributed by atoms with Crippen LogP contribution < -0.4 is 11.3 Å². The molecular formula is C12H14BrFN2. The summed E-state index contributed by atoms with van der Waals surface area (Å²) < 4.78 is 14.4. The molecule has 0 aliphatic rings.